The Morgan fingerprint density at radius 3 is 2.69 bits per heavy atom. The van der Waals surface area contributed by atoms with Gasteiger partial charge in [-0.2, -0.15) is 9.49 Å². The monoisotopic (exact) mass is 222 g/mol. The Bertz CT molecular complexity index is 552. The van der Waals surface area contributed by atoms with Crippen LogP contribution >= 0.6 is 0 Å². The van der Waals surface area contributed by atoms with Crippen LogP contribution in [-0.2, 0) is 0 Å². The van der Waals surface area contributed by atoms with Crippen LogP contribution in [0.4, 0.5) is 15.9 Å². The molecule has 0 saturated heterocycles. The molecule has 82 valence electrons. The standard InChI is InChI=1S/C9H7FN4O2/c10-7-5-6(1-2-8(7)14(15)16)13-4-3-9(11)12-13/h1-5H,(H2,11,12). The van der Waals surface area contributed by atoms with Crippen molar-refractivity contribution in [3.8, 4) is 5.69 Å². The average molecular weight is 222 g/mol. The smallest absolute Gasteiger partial charge is 0.304 e. The molecule has 0 aliphatic carbocycles. The number of nitrogens with zero attached hydrogens (tertiary/aromatic N) is 3. The van der Waals surface area contributed by atoms with Gasteiger partial charge in [0.1, 0.15) is 5.82 Å². The second-order valence-electron chi connectivity index (χ2n) is 3.08. The zero-order valence-corrected chi connectivity index (χ0v) is 8.00. The van der Waals surface area contributed by atoms with E-state index in [0.29, 0.717) is 11.5 Å². The van der Waals surface area contributed by atoms with Crippen molar-refractivity contribution in [3.63, 3.8) is 0 Å². The summed E-state index contributed by atoms with van der Waals surface area (Å²) in [6, 6.07) is 5.06. The maximum Gasteiger partial charge on any atom is 0.304 e. The maximum absolute atomic E-state index is 13.3. The van der Waals surface area contributed by atoms with Crippen molar-refractivity contribution < 1.29 is 9.31 Å². The molecular formula is C9H7FN4O2. The van der Waals surface area contributed by atoms with E-state index in [1.807, 2.05) is 0 Å². The van der Waals surface area contributed by atoms with E-state index in [1.54, 1.807) is 6.07 Å². The largest absolute Gasteiger partial charge is 0.382 e. The third-order valence-corrected chi connectivity index (χ3v) is 2.00. The van der Waals surface area contributed by atoms with E-state index in [1.165, 1.54) is 16.9 Å². The van der Waals surface area contributed by atoms with E-state index in [0.717, 1.165) is 12.1 Å². The van der Waals surface area contributed by atoms with E-state index < -0.39 is 16.4 Å². The lowest BCUT2D eigenvalue weighted by Crippen LogP contribution is -1.99. The van der Waals surface area contributed by atoms with Crippen LogP contribution in [0.3, 0.4) is 0 Å². The number of nitro benzene ring substituents is 1. The minimum atomic E-state index is -0.906. The lowest BCUT2D eigenvalue weighted by atomic mass is 10.3. The van der Waals surface area contributed by atoms with Crippen LogP contribution in [0.2, 0.25) is 0 Å². The van der Waals surface area contributed by atoms with Gasteiger partial charge < -0.3 is 5.73 Å². The molecule has 2 N–H and O–H groups in total. The minimum Gasteiger partial charge on any atom is -0.382 e. The number of hydrogen-bond donors (Lipinski definition) is 1. The summed E-state index contributed by atoms with van der Waals surface area (Å²) in [5.74, 6) is -0.615. The molecule has 6 nitrogen and oxygen atoms in total. The summed E-state index contributed by atoms with van der Waals surface area (Å²) >= 11 is 0. The Balaban J connectivity index is 2.45. The number of aromatic nitrogens is 2. The number of anilines is 1. The summed E-state index contributed by atoms with van der Waals surface area (Å²) in [5.41, 5.74) is 5.21. The van der Waals surface area contributed by atoms with Gasteiger partial charge in [0.2, 0.25) is 5.82 Å². The van der Waals surface area contributed by atoms with E-state index in [4.69, 9.17) is 5.73 Å². The van der Waals surface area contributed by atoms with Gasteiger partial charge in [0, 0.05) is 24.4 Å². The number of rotatable bonds is 2. The Morgan fingerprint density at radius 1 is 1.44 bits per heavy atom. The van der Waals surface area contributed by atoms with Crippen molar-refractivity contribution in [1.82, 2.24) is 9.78 Å². The van der Waals surface area contributed by atoms with Crippen molar-refractivity contribution in [3.05, 3.63) is 46.4 Å². The zero-order chi connectivity index (χ0) is 11.7. The SMILES string of the molecule is Nc1ccn(-c2ccc([N+](=O)[O-])c(F)c2)n1. The summed E-state index contributed by atoms with van der Waals surface area (Å²) < 4.78 is 14.6. The van der Waals surface area contributed by atoms with Gasteiger partial charge in [-0.15, -0.1) is 0 Å². The Labute approximate surface area is 89.3 Å². The molecule has 2 aromatic rings. The molecule has 0 saturated carbocycles. The van der Waals surface area contributed by atoms with Crippen LogP contribution in [0, 0.1) is 15.9 Å². The van der Waals surface area contributed by atoms with E-state index in [9.17, 15) is 14.5 Å². The summed E-state index contributed by atoms with van der Waals surface area (Å²) in [7, 11) is 0. The number of nitro groups is 1. The molecule has 0 radical (unpaired) electrons. The highest BCUT2D eigenvalue weighted by Gasteiger charge is 2.14. The number of nitrogens with two attached hydrogens (primary N) is 1. The fourth-order valence-corrected chi connectivity index (χ4v) is 1.27. The van der Waals surface area contributed by atoms with Gasteiger partial charge in [0.15, 0.2) is 0 Å². The molecule has 0 spiro atoms. The van der Waals surface area contributed by atoms with Crippen molar-refractivity contribution in [2.45, 2.75) is 0 Å². The molecule has 0 atom stereocenters. The first kappa shape index (κ1) is 10.1. The topological polar surface area (TPSA) is 87.0 Å². The quantitative estimate of drug-likeness (QED) is 0.616. The second kappa shape index (κ2) is 3.61. The predicted molar refractivity (Wildman–Crippen MR) is 54.6 cm³/mol. The minimum absolute atomic E-state index is 0.291. The van der Waals surface area contributed by atoms with Crippen LogP contribution in [0.15, 0.2) is 30.5 Å². The molecule has 1 aromatic carbocycles. The van der Waals surface area contributed by atoms with Crippen LogP contribution in [0.5, 0.6) is 0 Å². The van der Waals surface area contributed by atoms with Crippen LogP contribution < -0.4 is 5.73 Å². The molecule has 7 heteroatoms. The molecule has 0 unspecified atom stereocenters. The van der Waals surface area contributed by atoms with Gasteiger partial charge in [0.05, 0.1) is 10.6 Å². The van der Waals surface area contributed by atoms with Crippen molar-refractivity contribution in [1.29, 1.82) is 0 Å². The van der Waals surface area contributed by atoms with Gasteiger partial charge in [-0.25, -0.2) is 4.68 Å². The Kier molecular flexibility index (Phi) is 2.28. The molecule has 1 aromatic heterocycles. The van der Waals surface area contributed by atoms with Crippen LogP contribution in [0.25, 0.3) is 5.69 Å². The summed E-state index contributed by atoms with van der Waals surface area (Å²) in [6.45, 7) is 0. The van der Waals surface area contributed by atoms with Gasteiger partial charge >= 0.3 is 5.69 Å². The fraction of sp³-hybridized carbons (Fsp3) is 0. The molecule has 2 rings (SSSR count). The first-order valence-corrected chi connectivity index (χ1v) is 4.33. The summed E-state index contributed by atoms with van der Waals surface area (Å²) in [6.07, 6.45) is 1.54. The summed E-state index contributed by atoms with van der Waals surface area (Å²) in [4.78, 5) is 9.62. The first-order valence-electron chi connectivity index (χ1n) is 4.33. The first-order chi connectivity index (χ1) is 7.58. The van der Waals surface area contributed by atoms with E-state index >= 15 is 0 Å². The van der Waals surface area contributed by atoms with Crippen molar-refractivity contribution in [2.75, 3.05) is 5.73 Å². The normalized spacial score (nSPS) is 10.3. The van der Waals surface area contributed by atoms with Crippen LogP contribution in [-0.4, -0.2) is 14.7 Å². The van der Waals surface area contributed by atoms with Gasteiger partial charge in [-0.1, -0.05) is 0 Å². The highest BCUT2D eigenvalue weighted by molar-refractivity contribution is 5.42. The Hall–Kier alpha value is -2.44. The van der Waals surface area contributed by atoms with E-state index in [2.05, 4.69) is 5.10 Å². The second-order valence-corrected chi connectivity index (χ2v) is 3.08. The molecule has 1 heterocycles. The van der Waals surface area contributed by atoms with Crippen molar-refractivity contribution >= 4 is 11.5 Å². The number of hydrogen-bond acceptors (Lipinski definition) is 4. The number of benzene rings is 1. The molecule has 0 amide bonds. The third kappa shape index (κ3) is 1.70. The Morgan fingerprint density at radius 2 is 2.19 bits per heavy atom. The van der Waals surface area contributed by atoms with Gasteiger partial charge in [-0.05, 0) is 6.07 Å². The lowest BCUT2D eigenvalue weighted by molar-refractivity contribution is -0.387. The molecule has 0 bridgehead atoms. The molecule has 0 aliphatic rings. The molecular weight excluding hydrogens is 215 g/mol. The predicted octanol–water partition coefficient (Wildman–Crippen LogP) is 1.50. The maximum atomic E-state index is 13.3. The zero-order valence-electron chi connectivity index (χ0n) is 8.00. The van der Waals surface area contributed by atoms with Gasteiger partial charge in [-0.3, -0.25) is 10.1 Å². The third-order valence-electron chi connectivity index (χ3n) is 2.00. The molecule has 0 aliphatic heterocycles. The highest BCUT2D eigenvalue weighted by atomic mass is 19.1. The molecule has 0 fully saturated rings. The lowest BCUT2D eigenvalue weighted by Gasteiger charge is -2.01. The highest BCUT2D eigenvalue weighted by Crippen LogP contribution is 2.20. The van der Waals surface area contributed by atoms with Crippen LogP contribution in [0.1, 0.15) is 0 Å². The number of halogens is 1. The summed E-state index contributed by atoms with van der Waals surface area (Å²) in [5, 5.41) is 14.3. The van der Waals surface area contributed by atoms with Gasteiger partial charge in [0.25, 0.3) is 0 Å². The average Bonchev–Trinajstić information content (AvgIpc) is 2.64. The molecule has 16 heavy (non-hydrogen) atoms. The van der Waals surface area contributed by atoms with E-state index in [-0.39, 0.29) is 0 Å². The van der Waals surface area contributed by atoms with Crippen molar-refractivity contribution in [2.24, 2.45) is 0 Å². The fourth-order valence-electron chi connectivity index (χ4n) is 1.27. The number of nitrogen functional groups attached to an aromatic ring is 1.